The lowest BCUT2D eigenvalue weighted by atomic mass is 9.94. The summed E-state index contributed by atoms with van der Waals surface area (Å²) in [5.74, 6) is 1.22. The first-order valence-electron chi connectivity index (χ1n) is 11.2. The van der Waals surface area contributed by atoms with Gasteiger partial charge >= 0.3 is 0 Å². The Morgan fingerprint density at radius 2 is 1.71 bits per heavy atom. The second kappa shape index (κ2) is 8.50. The summed E-state index contributed by atoms with van der Waals surface area (Å²) in [6, 6.07) is 18.4. The first-order chi connectivity index (χ1) is 16.4. The molecule has 0 aromatic heterocycles. The highest BCUT2D eigenvalue weighted by molar-refractivity contribution is 6.02. The first kappa shape index (κ1) is 22.0. The van der Waals surface area contributed by atoms with Gasteiger partial charge in [0.05, 0.1) is 12.0 Å². The Bertz CT molecular complexity index is 1260. The van der Waals surface area contributed by atoms with Crippen molar-refractivity contribution in [2.75, 3.05) is 26.2 Å². The van der Waals surface area contributed by atoms with Gasteiger partial charge in [-0.15, -0.1) is 0 Å². The predicted molar refractivity (Wildman–Crippen MR) is 128 cm³/mol. The number of hydrogen-bond acceptors (Lipinski definition) is 5. The Morgan fingerprint density at radius 3 is 2.38 bits per heavy atom. The number of rotatable bonds is 6. The number of nitrogens with zero attached hydrogens (tertiary/aromatic N) is 1. The molecule has 0 radical (unpaired) electrons. The van der Waals surface area contributed by atoms with E-state index in [0.29, 0.717) is 22.7 Å². The summed E-state index contributed by atoms with van der Waals surface area (Å²) in [6.45, 7) is 0.0608. The standard InChI is InChI=1S/C27H26N2O5/c1-29(2)25(31)18-5-3-17(4-6-18)22-14-21(9-7-19(22)15-30)28-26(32)27(11-12-27)20-8-10-23-24(13-20)34-16-33-23/h3-10,13-14,30H,11-12,15-16H2,1-2H3,(H,28,32). The molecule has 3 aromatic carbocycles. The predicted octanol–water partition coefficient (Wildman–Crippen LogP) is 3.95. The van der Waals surface area contributed by atoms with Gasteiger partial charge in [-0.2, -0.15) is 0 Å². The third-order valence-corrected chi connectivity index (χ3v) is 6.50. The average Bonchev–Trinajstić information content (AvgIpc) is 3.54. The van der Waals surface area contributed by atoms with Crippen LogP contribution in [0.25, 0.3) is 11.1 Å². The second-order valence-electron chi connectivity index (χ2n) is 8.91. The topological polar surface area (TPSA) is 88.1 Å². The van der Waals surface area contributed by atoms with Crippen LogP contribution in [0.4, 0.5) is 5.69 Å². The Kier molecular flexibility index (Phi) is 5.49. The molecule has 174 valence electrons. The van der Waals surface area contributed by atoms with E-state index < -0.39 is 5.41 Å². The minimum Gasteiger partial charge on any atom is -0.454 e. The summed E-state index contributed by atoms with van der Waals surface area (Å²) >= 11 is 0. The molecule has 7 nitrogen and oxygen atoms in total. The quantitative estimate of drug-likeness (QED) is 0.584. The van der Waals surface area contributed by atoms with E-state index >= 15 is 0 Å². The van der Waals surface area contributed by atoms with Gasteiger partial charge in [-0.05, 0) is 71.5 Å². The van der Waals surface area contributed by atoms with Gasteiger partial charge in [0.25, 0.3) is 5.91 Å². The third kappa shape index (κ3) is 3.88. The summed E-state index contributed by atoms with van der Waals surface area (Å²) in [4.78, 5) is 27.0. The molecule has 1 aliphatic heterocycles. The van der Waals surface area contributed by atoms with Crippen molar-refractivity contribution in [1.29, 1.82) is 0 Å². The van der Waals surface area contributed by atoms with E-state index in [4.69, 9.17) is 9.47 Å². The zero-order chi connectivity index (χ0) is 23.9. The van der Waals surface area contributed by atoms with Gasteiger partial charge in [0.1, 0.15) is 0 Å². The number of nitrogens with one attached hydrogen (secondary N) is 1. The molecule has 7 heteroatoms. The molecule has 0 bridgehead atoms. The number of hydrogen-bond donors (Lipinski definition) is 2. The molecule has 1 heterocycles. The number of benzene rings is 3. The fraction of sp³-hybridized carbons (Fsp3) is 0.259. The molecule has 5 rings (SSSR count). The van der Waals surface area contributed by atoms with Crippen molar-refractivity contribution in [2.45, 2.75) is 24.9 Å². The fourth-order valence-electron chi connectivity index (χ4n) is 4.33. The number of aliphatic hydroxyl groups is 1. The smallest absolute Gasteiger partial charge is 0.253 e. The SMILES string of the molecule is CN(C)C(=O)c1ccc(-c2cc(NC(=O)C3(c4ccc5c(c4)OCO5)CC3)ccc2CO)cc1. The van der Waals surface area contributed by atoms with Gasteiger partial charge < -0.3 is 24.8 Å². The average molecular weight is 459 g/mol. The summed E-state index contributed by atoms with van der Waals surface area (Å²) in [6.07, 6.45) is 1.53. The van der Waals surface area contributed by atoms with Crippen LogP contribution in [0, 0.1) is 0 Å². The maximum atomic E-state index is 13.3. The van der Waals surface area contributed by atoms with Crippen LogP contribution in [0.1, 0.15) is 34.3 Å². The van der Waals surface area contributed by atoms with Crippen LogP contribution in [-0.4, -0.2) is 42.7 Å². The lowest BCUT2D eigenvalue weighted by molar-refractivity contribution is -0.118. The molecular formula is C27H26N2O5. The highest BCUT2D eigenvalue weighted by Gasteiger charge is 2.51. The molecule has 1 fully saturated rings. The monoisotopic (exact) mass is 458 g/mol. The van der Waals surface area contributed by atoms with Crippen LogP contribution in [0.15, 0.2) is 60.7 Å². The highest BCUT2D eigenvalue weighted by Crippen LogP contribution is 2.51. The Morgan fingerprint density at radius 1 is 0.971 bits per heavy atom. The summed E-state index contributed by atoms with van der Waals surface area (Å²) < 4.78 is 10.9. The number of aliphatic hydroxyl groups excluding tert-OH is 1. The molecule has 2 aliphatic rings. The first-order valence-corrected chi connectivity index (χ1v) is 11.2. The number of amides is 2. The van der Waals surface area contributed by atoms with Crippen molar-refractivity contribution in [3.63, 3.8) is 0 Å². The molecule has 2 amide bonds. The Hall–Kier alpha value is -3.84. The van der Waals surface area contributed by atoms with Crippen molar-refractivity contribution >= 4 is 17.5 Å². The maximum absolute atomic E-state index is 13.3. The normalized spacial score (nSPS) is 15.0. The lowest BCUT2D eigenvalue weighted by Crippen LogP contribution is -2.27. The van der Waals surface area contributed by atoms with Crippen LogP contribution >= 0.6 is 0 Å². The molecule has 2 N–H and O–H groups in total. The van der Waals surface area contributed by atoms with Crippen molar-refractivity contribution in [2.24, 2.45) is 0 Å². The molecule has 0 spiro atoms. The van der Waals surface area contributed by atoms with Gasteiger partial charge in [-0.25, -0.2) is 0 Å². The second-order valence-corrected chi connectivity index (χ2v) is 8.91. The van der Waals surface area contributed by atoms with Gasteiger partial charge in [0.15, 0.2) is 11.5 Å². The zero-order valence-corrected chi connectivity index (χ0v) is 19.1. The van der Waals surface area contributed by atoms with Crippen LogP contribution in [0.2, 0.25) is 0 Å². The van der Waals surface area contributed by atoms with Crippen molar-refractivity contribution in [3.05, 3.63) is 77.4 Å². The molecule has 0 saturated heterocycles. The molecular weight excluding hydrogens is 432 g/mol. The lowest BCUT2D eigenvalue weighted by Gasteiger charge is -2.18. The van der Waals surface area contributed by atoms with E-state index in [0.717, 1.165) is 35.1 Å². The number of anilines is 1. The van der Waals surface area contributed by atoms with E-state index in [2.05, 4.69) is 5.32 Å². The fourth-order valence-corrected chi connectivity index (χ4v) is 4.33. The number of ether oxygens (including phenoxy) is 2. The summed E-state index contributed by atoms with van der Waals surface area (Å²) in [5.41, 5.74) is 3.97. The molecule has 1 aliphatic carbocycles. The number of fused-ring (bicyclic) bond motifs is 1. The Labute approximate surface area is 197 Å². The minimum absolute atomic E-state index is 0.0685. The van der Waals surface area contributed by atoms with Crippen LogP contribution in [0.5, 0.6) is 11.5 Å². The van der Waals surface area contributed by atoms with Crippen molar-refractivity contribution < 1.29 is 24.2 Å². The van der Waals surface area contributed by atoms with Gasteiger partial charge in [0, 0.05) is 25.3 Å². The Balaban J connectivity index is 1.39. The molecule has 34 heavy (non-hydrogen) atoms. The van der Waals surface area contributed by atoms with Crippen molar-refractivity contribution in [3.8, 4) is 22.6 Å². The van der Waals surface area contributed by atoms with Gasteiger partial charge in [-0.1, -0.05) is 24.3 Å². The van der Waals surface area contributed by atoms with Gasteiger partial charge in [0.2, 0.25) is 12.7 Å². The number of carbonyl (C=O) groups is 2. The summed E-state index contributed by atoms with van der Waals surface area (Å²) in [5, 5.41) is 12.9. The van der Waals surface area contributed by atoms with E-state index in [1.54, 1.807) is 32.3 Å². The van der Waals surface area contributed by atoms with E-state index in [9.17, 15) is 14.7 Å². The number of carbonyl (C=O) groups excluding carboxylic acids is 2. The minimum atomic E-state index is -0.578. The largest absolute Gasteiger partial charge is 0.454 e. The van der Waals surface area contributed by atoms with E-state index in [-0.39, 0.29) is 25.2 Å². The van der Waals surface area contributed by atoms with Crippen molar-refractivity contribution in [1.82, 2.24) is 4.90 Å². The van der Waals surface area contributed by atoms with Crippen LogP contribution in [-0.2, 0) is 16.8 Å². The highest BCUT2D eigenvalue weighted by atomic mass is 16.7. The zero-order valence-electron chi connectivity index (χ0n) is 19.1. The van der Waals surface area contributed by atoms with Crippen LogP contribution in [0.3, 0.4) is 0 Å². The molecule has 0 atom stereocenters. The molecule has 3 aromatic rings. The van der Waals surface area contributed by atoms with Gasteiger partial charge in [-0.3, -0.25) is 9.59 Å². The van der Waals surface area contributed by atoms with E-state index in [1.807, 2.05) is 42.5 Å². The van der Waals surface area contributed by atoms with Crippen LogP contribution < -0.4 is 14.8 Å². The summed E-state index contributed by atoms with van der Waals surface area (Å²) in [7, 11) is 3.42. The molecule has 0 unspecified atom stereocenters. The maximum Gasteiger partial charge on any atom is 0.253 e. The third-order valence-electron chi connectivity index (χ3n) is 6.50. The van der Waals surface area contributed by atoms with E-state index in [1.165, 1.54) is 4.90 Å². The molecule has 1 saturated carbocycles.